The summed E-state index contributed by atoms with van der Waals surface area (Å²) in [5.74, 6) is 0. The number of hydrogen-bond acceptors (Lipinski definition) is 3. The van der Waals surface area contributed by atoms with E-state index >= 15 is 0 Å². The van der Waals surface area contributed by atoms with Gasteiger partial charge in [0.15, 0.2) is 0 Å². The number of hydrogen-bond donors (Lipinski definition) is 1. The number of nitrogens with one attached hydrogen (secondary N) is 1. The molecule has 1 aliphatic heterocycles. The summed E-state index contributed by atoms with van der Waals surface area (Å²) in [6, 6.07) is 10.2. The summed E-state index contributed by atoms with van der Waals surface area (Å²) >= 11 is 0. The molecular formula is C18H31N3. The predicted molar refractivity (Wildman–Crippen MR) is 90.8 cm³/mol. The monoisotopic (exact) mass is 289 g/mol. The fraction of sp³-hybridized carbons (Fsp3) is 0.667. The molecule has 1 aliphatic rings. The summed E-state index contributed by atoms with van der Waals surface area (Å²) in [7, 11) is 4.49. The van der Waals surface area contributed by atoms with Crippen molar-refractivity contribution >= 4 is 0 Å². The van der Waals surface area contributed by atoms with E-state index in [0.29, 0.717) is 12.1 Å². The van der Waals surface area contributed by atoms with Crippen molar-refractivity contribution in [3.05, 3.63) is 35.4 Å². The molecule has 3 nitrogen and oxygen atoms in total. The summed E-state index contributed by atoms with van der Waals surface area (Å²) in [5.41, 5.74) is 2.87. The number of likely N-dealkylation sites (N-methyl/N-ethyl adjacent to an activating group) is 3. The molecule has 1 heterocycles. The van der Waals surface area contributed by atoms with Crippen LogP contribution in [-0.2, 0) is 6.42 Å². The molecule has 1 N–H and O–H groups in total. The quantitative estimate of drug-likeness (QED) is 0.868. The standard InChI is InChI=1S/C18H31N3/c1-5-7-15-8-10-16(11-9-15)18(19-6-2)17-14-20(3)12-13-21(17)4/h8-11,17-19H,5-7,12-14H2,1-4H3. The maximum Gasteiger partial charge on any atom is 0.0490 e. The third kappa shape index (κ3) is 4.29. The Bertz CT molecular complexity index is 415. The molecule has 1 fully saturated rings. The molecule has 0 aromatic heterocycles. The molecule has 0 saturated carbocycles. The minimum absolute atomic E-state index is 0.415. The van der Waals surface area contributed by atoms with Crippen LogP contribution in [0.4, 0.5) is 0 Å². The van der Waals surface area contributed by atoms with Gasteiger partial charge in [0.05, 0.1) is 0 Å². The minimum Gasteiger partial charge on any atom is -0.309 e. The van der Waals surface area contributed by atoms with Crippen LogP contribution in [0.1, 0.15) is 37.4 Å². The summed E-state index contributed by atoms with van der Waals surface area (Å²) in [6.45, 7) is 8.89. The largest absolute Gasteiger partial charge is 0.309 e. The van der Waals surface area contributed by atoms with Crippen LogP contribution in [0.2, 0.25) is 0 Å². The van der Waals surface area contributed by atoms with Gasteiger partial charge in [0.1, 0.15) is 0 Å². The van der Waals surface area contributed by atoms with E-state index in [1.807, 2.05) is 0 Å². The number of piperazine rings is 1. The second-order valence-corrected chi connectivity index (χ2v) is 6.34. The summed E-state index contributed by atoms with van der Waals surface area (Å²) in [4.78, 5) is 4.95. The van der Waals surface area contributed by atoms with Crippen LogP contribution in [0, 0.1) is 0 Å². The van der Waals surface area contributed by atoms with Crippen LogP contribution in [0.3, 0.4) is 0 Å². The highest BCUT2D eigenvalue weighted by atomic mass is 15.3. The summed E-state index contributed by atoms with van der Waals surface area (Å²) in [5, 5.41) is 3.70. The average Bonchev–Trinajstić information content (AvgIpc) is 2.49. The Hall–Kier alpha value is -0.900. The highest BCUT2D eigenvalue weighted by Gasteiger charge is 2.30. The zero-order chi connectivity index (χ0) is 15.2. The van der Waals surface area contributed by atoms with E-state index in [1.54, 1.807) is 0 Å². The Kier molecular flexibility index (Phi) is 6.22. The number of aryl methyl sites for hydroxylation is 1. The molecule has 2 atom stereocenters. The van der Waals surface area contributed by atoms with Gasteiger partial charge in [-0.3, -0.25) is 4.90 Å². The number of rotatable bonds is 6. The lowest BCUT2D eigenvalue weighted by atomic mass is 9.95. The van der Waals surface area contributed by atoms with Gasteiger partial charge >= 0.3 is 0 Å². The van der Waals surface area contributed by atoms with Crippen molar-refractivity contribution in [2.75, 3.05) is 40.3 Å². The van der Waals surface area contributed by atoms with E-state index < -0.39 is 0 Å². The number of benzene rings is 1. The van der Waals surface area contributed by atoms with Crippen LogP contribution in [0.25, 0.3) is 0 Å². The van der Waals surface area contributed by atoms with Gasteiger partial charge in [0.25, 0.3) is 0 Å². The van der Waals surface area contributed by atoms with Gasteiger partial charge in [-0.1, -0.05) is 44.5 Å². The molecule has 0 amide bonds. The lowest BCUT2D eigenvalue weighted by molar-refractivity contribution is 0.0880. The molecule has 1 aromatic rings. The molecule has 2 rings (SSSR count). The fourth-order valence-electron chi connectivity index (χ4n) is 3.28. The Labute approximate surface area is 130 Å². The van der Waals surface area contributed by atoms with E-state index in [2.05, 4.69) is 67.3 Å². The van der Waals surface area contributed by atoms with Crippen molar-refractivity contribution in [1.29, 1.82) is 0 Å². The first-order chi connectivity index (χ1) is 10.2. The van der Waals surface area contributed by atoms with Gasteiger partial charge in [-0.2, -0.15) is 0 Å². The van der Waals surface area contributed by atoms with Gasteiger partial charge in [-0.05, 0) is 38.2 Å². The van der Waals surface area contributed by atoms with E-state index in [0.717, 1.165) is 19.6 Å². The van der Waals surface area contributed by atoms with Crippen molar-refractivity contribution in [3.8, 4) is 0 Å². The van der Waals surface area contributed by atoms with Crippen molar-refractivity contribution in [2.24, 2.45) is 0 Å². The topological polar surface area (TPSA) is 18.5 Å². The highest BCUT2D eigenvalue weighted by molar-refractivity contribution is 5.26. The second-order valence-electron chi connectivity index (χ2n) is 6.34. The Morgan fingerprint density at radius 3 is 2.48 bits per heavy atom. The molecule has 0 bridgehead atoms. The van der Waals surface area contributed by atoms with E-state index in [9.17, 15) is 0 Å². The molecule has 0 aliphatic carbocycles. The molecule has 1 aromatic carbocycles. The van der Waals surface area contributed by atoms with Gasteiger partial charge in [-0.25, -0.2) is 0 Å². The molecule has 118 valence electrons. The molecule has 21 heavy (non-hydrogen) atoms. The average molecular weight is 289 g/mol. The van der Waals surface area contributed by atoms with Crippen LogP contribution in [-0.4, -0.2) is 56.1 Å². The molecule has 2 unspecified atom stereocenters. The SMILES string of the molecule is CCCc1ccc(C(NCC)C2CN(C)CCN2C)cc1. The highest BCUT2D eigenvalue weighted by Crippen LogP contribution is 2.24. The minimum atomic E-state index is 0.415. The Morgan fingerprint density at radius 1 is 1.14 bits per heavy atom. The second kappa shape index (κ2) is 7.92. The van der Waals surface area contributed by atoms with Crippen molar-refractivity contribution < 1.29 is 0 Å². The normalized spacial score (nSPS) is 22.4. The number of nitrogens with zero attached hydrogens (tertiary/aromatic N) is 2. The van der Waals surface area contributed by atoms with Crippen molar-refractivity contribution in [3.63, 3.8) is 0 Å². The Balaban J connectivity index is 2.16. The fourth-order valence-corrected chi connectivity index (χ4v) is 3.28. The van der Waals surface area contributed by atoms with Gasteiger partial charge in [-0.15, -0.1) is 0 Å². The maximum atomic E-state index is 3.70. The van der Waals surface area contributed by atoms with Gasteiger partial charge < -0.3 is 10.2 Å². The predicted octanol–water partition coefficient (Wildman–Crippen LogP) is 2.54. The van der Waals surface area contributed by atoms with E-state index in [-0.39, 0.29) is 0 Å². The lowest BCUT2D eigenvalue weighted by Gasteiger charge is -2.42. The molecular weight excluding hydrogens is 258 g/mol. The first kappa shape index (κ1) is 16.5. The van der Waals surface area contributed by atoms with E-state index in [1.165, 1.54) is 30.5 Å². The Morgan fingerprint density at radius 2 is 1.86 bits per heavy atom. The van der Waals surface area contributed by atoms with Crippen LogP contribution >= 0.6 is 0 Å². The smallest absolute Gasteiger partial charge is 0.0490 e. The summed E-state index contributed by atoms with van der Waals surface area (Å²) in [6.07, 6.45) is 2.39. The zero-order valence-electron chi connectivity index (χ0n) is 14.1. The summed E-state index contributed by atoms with van der Waals surface area (Å²) < 4.78 is 0. The molecule has 0 spiro atoms. The van der Waals surface area contributed by atoms with Crippen LogP contribution in [0.15, 0.2) is 24.3 Å². The van der Waals surface area contributed by atoms with Gasteiger partial charge in [0, 0.05) is 31.7 Å². The molecule has 0 radical (unpaired) electrons. The van der Waals surface area contributed by atoms with Crippen LogP contribution < -0.4 is 5.32 Å². The first-order valence-electron chi connectivity index (χ1n) is 8.36. The van der Waals surface area contributed by atoms with Crippen molar-refractivity contribution in [1.82, 2.24) is 15.1 Å². The molecule has 1 saturated heterocycles. The maximum absolute atomic E-state index is 3.70. The molecule has 3 heteroatoms. The lowest BCUT2D eigenvalue weighted by Crippen LogP contribution is -2.55. The van der Waals surface area contributed by atoms with Crippen LogP contribution in [0.5, 0.6) is 0 Å². The van der Waals surface area contributed by atoms with Gasteiger partial charge in [0.2, 0.25) is 0 Å². The third-order valence-electron chi connectivity index (χ3n) is 4.59. The first-order valence-corrected chi connectivity index (χ1v) is 8.36. The van der Waals surface area contributed by atoms with E-state index in [4.69, 9.17) is 0 Å². The van der Waals surface area contributed by atoms with Crippen molar-refractivity contribution in [2.45, 2.75) is 38.8 Å². The third-order valence-corrected chi connectivity index (χ3v) is 4.59. The zero-order valence-corrected chi connectivity index (χ0v) is 14.1.